The first kappa shape index (κ1) is 13.9. The lowest BCUT2D eigenvalue weighted by Gasteiger charge is -2.03. The number of aryl methyl sites for hydroxylation is 1. The van der Waals surface area contributed by atoms with E-state index in [-0.39, 0.29) is 18.9 Å². The number of nitrogens with two attached hydrogens (primary N) is 1. The first-order chi connectivity index (χ1) is 9.58. The number of aromatic nitrogens is 1. The fourth-order valence-electron chi connectivity index (χ4n) is 1.90. The van der Waals surface area contributed by atoms with Crippen molar-refractivity contribution in [1.29, 1.82) is 0 Å². The smallest absolute Gasteiger partial charge is 0.408 e. The van der Waals surface area contributed by atoms with Gasteiger partial charge in [-0.05, 0) is 18.6 Å². The standard InChI is InChI=1S/C13H15N3O4/c14-11(17)8-15-12(18)6-3-7-16-9-4-1-2-5-10(9)20-13(16)19/h1-2,4-5H,3,6-8H2,(H2,14,17)(H,15,18). The molecule has 0 aliphatic rings. The van der Waals surface area contributed by atoms with Crippen molar-refractivity contribution in [2.75, 3.05) is 6.54 Å². The number of para-hydroxylation sites is 2. The van der Waals surface area contributed by atoms with Crippen LogP contribution in [0, 0.1) is 0 Å². The number of nitrogens with one attached hydrogen (secondary N) is 1. The molecular formula is C13H15N3O4. The summed E-state index contributed by atoms with van der Waals surface area (Å²) in [5, 5.41) is 2.39. The monoisotopic (exact) mass is 277 g/mol. The highest BCUT2D eigenvalue weighted by Crippen LogP contribution is 2.12. The molecule has 2 aromatic rings. The van der Waals surface area contributed by atoms with Crippen molar-refractivity contribution >= 4 is 22.9 Å². The molecule has 0 saturated heterocycles. The van der Waals surface area contributed by atoms with Gasteiger partial charge in [0.15, 0.2) is 5.58 Å². The molecule has 0 radical (unpaired) electrons. The summed E-state index contributed by atoms with van der Waals surface area (Å²) in [7, 11) is 0. The Morgan fingerprint density at radius 2 is 2.05 bits per heavy atom. The van der Waals surface area contributed by atoms with Crippen LogP contribution < -0.4 is 16.8 Å². The predicted octanol–water partition coefficient (Wildman–Crippen LogP) is -0.0238. The molecule has 1 aromatic heterocycles. The van der Waals surface area contributed by atoms with Crippen LogP contribution >= 0.6 is 0 Å². The second kappa shape index (κ2) is 6.05. The highest BCUT2D eigenvalue weighted by Gasteiger charge is 2.09. The average molecular weight is 277 g/mol. The Kier molecular flexibility index (Phi) is 4.19. The molecule has 2 amide bonds. The third-order valence-corrected chi connectivity index (χ3v) is 2.82. The number of carbonyl (C=O) groups is 2. The minimum atomic E-state index is -0.588. The van der Waals surface area contributed by atoms with E-state index in [1.807, 2.05) is 6.07 Å². The molecule has 7 nitrogen and oxygen atoms in total. The van der Waals surface area contributed by atoms with E-state index in [0.717, 1.165) is 0 Å². The molecule has 0 aliphatic heterocycles. The number of carbonyl (C=O) groups excluding carboxylic acids is 2. The normalized spacial score (nSPS) is 10.6. The van der Waals surface area contributed by atoms with Crippen molar-refractivity contribution in [2.24, 2.45) is 5.73 Å². The van der Waals surface area contributed by atoms with Crippen LogP contribution in [0.25, 0.3) is 11.1 Å². The molecule has 2 rings (SSSR count). The Balaban J connectivity index is 1.93. The Morgan fingerprint density at radius 3 is 2.80 bits per heavy atom. The second-order valence-corrected chi connectivity index (χ2v) is 4.33. The summed E-state index contributed by atoms with van der Waals surface area (Å²) in [6.45, 7) is 0.202. The molecule has 0 unspecified atom stereocenters. The van der Waals surface area contributed by atoms with Gasteiger partial charge in [-0.25, -0.2) is 4.79 Å². The fourth-order valence-corrected chi connectivity index (χ4v) is 1.90. The number of primary amides is 1. The molecule has 0 spiro atoms. The molecule has 1 heterocycles. The van der Waals surface area contributed by atoms with Gasteiger partial charge in [-0.3, -0.25) is 14.2 Å². The molecule has 106 valence electrons. The Labute approximate surface area is 114 Å². The van der Waals surface area contributed by atoms with E-state index < -0.39 is 11.7 Å². The van der Waals surface area contributed by atoms with E-state index in [1.54, 1.807) is 18.2 Å². The summed E-state index contributed by atoms with van der Waals surface area (Å²) in [4.78, 5) is 33.6. The van der Waals surface area contributed by atoms with Crippen LogP contribution in [0.4, 0.5) is 0 Å². The van der Waals surface area contributed by atoms with E-state index in [2.05, 4.69) is 5.32 Å². The zero-order valence-corrected chi connectivity index (χ0v) is 10.8. The molecule has 0 saturated carbocycles. The Hall–Kier alpha value is -2.57. The van der Waals surface area contributed by atoms with Gasteiger partial charge in [-0.2, -0.15) is 0 Å². The topological polar surface area (TPSA) is 107 Å². The lowest BCUT2D eigenvalue weighted by Crippen LogP contribution is -2.33. The van der Waals surface area contributed by atoms with Gasteiger partial charge in [-0.15, -0.1) is 0 Å². The zero-order valence-electron chi connectivity index (χ0n) is 10.8. The predicted molar refractivity (Wildman–Crippen MR) is 71.9 cm³/mol. The van der Waals surface area contributed by atoms with Crippen LogP contribution in [0.5, 0.6) is 0 Å². The lowest BCUT2D eigenvalue weighted by atomic mass is 10.2. The van der Waals surface area contributed by atoms with E-state index in [9.17, 15) is 14.4 Å². The average Bonchev–Trinajstić information content (AvgIpc) is 2.73. The number of rotatable bonds is 6. The molecule has 1 aromatic carbocycles. The van der Waals surface area contributed by atoms with Gasteiger partial charge in [0, 0.05) is 13.0 Å². The molecular weight excluding hydrogens is 262 g/mol. The van der Waals surface area contributed by atoms with E-state index in [0.29, 0.717) is 24.1 Å². The van der Waals surface area contributed by atoms with Gasteiger partial charge in [-0.1, -0.05) is 12.1 Å². The summed E-state index contributed by atoms with van der Waals surface area (Å²) in [6, 6.07) is 7.10. The van der Waals surface area contributed by atoms with Crippen molar-refractivity contribution in [3.05, 3.63) is 34.8 Å². The van der Waals surface area contributed by atoms with E-state index in [1.165, 1.54) is 4.57 Å². The van der Waals surface area contributed by atoms with Crippen LogP contribution in [0.1, 0.15) is 12.8 Å². The molecule has 0 aliphatic carbocycles. The van der Waals surface area contributed by atoms with Gasteiger partial charge in [0.1, 0.15) is 0 Å². The number of nitrogens with zero attached hydrogens (tertiary/aromatic N) is 1. The van der Waals surface area contributed by atoms with Crippen molar-refractivity contribution in [3.63, 3.8) is 0 Å². The zero-order chi connectivity index (χ0) is 14.5. The van der Waals surface area contributed by atoms with Gasteiger partial charge >= 0.3 is 5.76 Å². The minimum absolute atomic E-state index is 0.173. The summed E-state index contributed by atoms with van der Waals surface area (Å²) >= 11 is 0. The van der Waals surface area contributed by atoms with Crippen LogP contribution in [0.15, 0.2) is 33.5 Å². The number of hydrogen-bond donors (Lipinski definition) is 2. The van der Waals surface area contributed by atoms with Crippen LogP contribution in [0.3, 0.4) is 0 Å². The molecule has 3 N–H and O–H groups in total. The Bertz CT molecular complexity index is 686. The highest BCUT2D eigenvalue weighted by molar-refractivity contribution is 5.83. The summed E-state index contributed by atoms with van der Waals surface area (Å²) in [6.07, 6.45) is 0.674. The third-order valence-electron chi connectivity index (χ3n) is 2.82. The maximum Gasteiger partial charge on any atom is 0.419 e. The van der Waals surface area contributed by atoms with Crippen molar-refractivity contribution < 1.29 is 14.0 Å². The number of benzene rings is 1. The molecule has 7 heteroatoms. The molecule has 20 heavy (non-hydrogen) atoms. The summed E-state index contributed by atoms with van der Waals surface area (Å²) in [5.41, 5.74) is 6.14. The fraction of sp³-hybridized carbons (Fsp3) is 0.308. The first-order valence-corrected chi connectivity index (χ1v) is 6.21. The highest BCUT2D eigenvalue weighted by atomic mass is 16.4. The maximum absolute atomic E-state index is 11.7. The molecule has 0 atom stereocenters. The van der Waals surface area contributed by atoms with E-state index >= 15 is 0 Å². The van der Waals surface area contributed by atoms with Crippen molar-refractivity contribution in [3.8, 4) is 0 Å². The van der Waals surface area contributed by atoms with Gasteiger partial charge in [0.05, 0.1) is 12.1 Å². The maximum atomic E-state index is 11.7. The Morgan fingerprint density at radius 1 is 1.30 bits per heavy atom. The quantitative estimate of drug-likeness (QED) is 0.773. The third kappa shape index (κ3) is 3.25. The van der Waals surface area contributed by atoms with Crippen LogP contribution in [0.2, 0.25) is 0 Å². The molecule has 0 bridgehead atoms. The number of hydrogen-bond acceptors (Lipinski definition) is 4. The van der Waals surface area contributed by atoms with Gasteiger partial charge < -0.3 is 15.5 Å². The van der Waals surface area contributed by atoms with Crippen LogP contribution in [-0.2, 0) is 16.1 Å². The SMILES string of the molecule is NC(=O)CNC(=O)CCCn1c(=O)oc2ccccc21. The van der Waals surface area contributed by atoms with Gasteiger partial charge in [0.2, 0.25) is 11.8 Å². The van der Waals surface area contributed by atoms with E-state index in [4.69, 9.17) is 10.2 Å². The second-order valence-electron chi connectivity index (χ2n) is 4.33. The van der Waals surface area contributed by atoms with Crippen molar-refractivity contribution in [2.45, 2.75) is 19.4 Å². The number of oxazole rings is 1. The lowest BCUT2D eigenvalue weighted by molar-refractivity contribution is -0.124. The number of fused-ring (bicyclic) bond motifs is 1. The largest absolute Gasteiger partial charge is 0.419 e. The summed E-state index contributed by atoms with van der Waals surface area (Å²) in [5.74, 6) is -1.30. The first-order valence-electron chi connectivity index (χ1n) is 6.21. The minimum Gasteiger partial charge on any atom is -0.408 e. The van der Waals surface area contributed by atoms with Crippen molar-refractivity contribution in [1.82, 2.24) is 9.88 Å². The molecule has 0 fully saturated rings. The van der Waals surface area contributed by atoms with Crippen LogP contribution in [-0.4, -0.2) is 22.9 Å². The number of amides is 2. The summed E-state index contributed by atoms with van der Waals surface area (Å²) < 4.78 is 6.56. The van der Waals surface area contributed by atoms with Gasteiger partial charge in [0.25, 0.3) is 0 Å².